The molecule has 4 rings (SSSR count). The molecule has 26 heavy (non-hydrogen) atoms. The second-order valence-corrected chi connectivity index (χ2v) is 5.88. The predicted molar refractivity (Wildman–Crippen MR) is 98.8 cm³/mol. The van der Waals surface area contributed by atoms with Gasteiger partial charge < -0.3 is 0 Å². The van der Waals surface area contributed by atoms with E-state index in [9.17, 15) is 9.18 Å². The second-order valence-electron chi connectivity index (χ2n) is 5.88. The summed E-state index contributed by atoms with van der Waals surface area (Å²) in [5.74, 6) is -0.512. The van der Waals surface area contributed by atoms with Crippen LogP contribution in [0.1, 0.15) is 15.9 Å². The van der Waals surface area contributed by atoms with Crippen molar-refractivity contribution in [2.75, 3.05) is 0 Å². The molecule has 0 unspecified atom stereocenters. The Morgan fingerprint density at radius 3 is 2.23 bits per heavy atom. The minimum Gasteiger partial charge on any atom is -0.288 e. The van der Waals surface area contributed by atoms with Gasteiger partial charge >= 0.3 is 0 Å². The molecule has 0 saturated heterocycles. The molecule has 4 heteroatoms. The zero-order valence-corrected chi connectivity index (χ0v) is 13.8. The molecule has 0 aliphatic rings. The third-order valence-corrected chi connectivity index (χ3v) is 4.11. The standard InChI is InChI=1S/C22H15FN2O/c23-18-11-7-10-17(14-18)21-20(22(26)16-8-3-1-4-9-16)15-25(24-21)19-12-5-2-6-13-19/h1-15H. The van der Waals surface area contributed by atoms with Crippen molar-refractivity contribution in [2.45, 2.75) is 0 Å². The van der Waals surface area contributed by atoms with Crippen LogP contribution < -0.4 is 0 Å². The summed E-state index contributed by atoms with van der Waals surface area (Å²) < 4.78 is 15.4. The van der Waals surface area contributed by atoms with Crippen LogP contribution in [0.25, 0.3) is 16.9 Å². The average molecular weight is 342 g/mol. The molecule has 4 aromatic rings. The summed E-state index contributed by atoms with van der Waals surface area (Å²) in [5, 5.41) is 4.57. The van der Waals surface area contributed by atoms with Crippen LogP contribution in [0.4, 0.5) is 4.39 Å². The summed E-state index contributed by atoms with van der Waals surface area (Å²) in [4.78, 5) is 13.0. The van der Waals surface area contributed by atoms with Crippen LogP contribution in [-0.4, -0.2) is 15.6 Å². The molecule has 3 nitrogen and oxygen atoms in total. The van der Waals surface area contributed by atoms with E-state index < -0.39 is 0 Å². The van der Waals surface area contributed by atoms with Gasteiger partial charge in [0.15, 0.2) is 5.78 Å². The largest absolute Gasteiger partial charge is 0.288 e. The number of halogens is 1. The number of rotatable bonds is 4. The molecule has 1 aromatic heterocycles. The molecule has 0 atom stereocenters. The maximum atomic E-state index is 13.7. The molecule has 3 aromatic carbocycles. The molecule has 0 fully saturated rings. The lowest BCUT2D eigenvalue weighted by Crippen LogP contribution is -2.01. The van der Waals surface area contributed by atoms with Crippen molar-refractivity contribution in [3.63, 3.8) is 0 Å². The van der Waals surface area contributed by atoms with Crippen molar-refractivity contribution >= 4 is 5.78 Å². The van der Waals surface area contributed by atoms with Crippen LogP contribution in [0.3, 0.4) is 0 Å². The molecule has 0 aliphatic heterocycles. The lowest BCUT2D eigenvalue weighted by Gasteiger charge is -2.02. The Labute approximate surface area is 150 Å². The third-order valence-electron chi connectivity index (χ3n) is 4.11. The Bertz CT molecular complexity index is 1060. The second kappa shape index (κ2) is 6.76. The van der Waals surface area contributed by atoms with Crippen molar-refractivity contribution < 1.29 is 9.18 Å². The fraction of sp³-hybridized carbons (Fsp3) is 0. The molecule has 0 radical (unpaired) electrons. The van der Waals surface area contributed by atoms with E-state index in [0.717, 1.165) is 5.69 Å². The number of ketones is 1. The van der Waals surface area contributed by atoms with Gasteiger partial charge in [0, 0.05) is 17.3 Å². The zero-order valence-electron chi connectivity index (χ0n) is 13.8. The highest BCUT2D eigenvalue weighted by molar-refractivity contribution is 6.12. The van der Waals surface area contributed by atoms with Crippen molar-refractivity contribution in [1.82, 2.24) is 9.78 Å². The number of aromatic nitrogens is 2. The summed E-state index contributed by atoms with van der Waals surface area (Å²) in [6.45, 7) is 0. The summed E-state index contributed by atoms with van der Waals surface area (Å²) in [6, 6.07) is 24.7. The van der Waals surface area contributed by atoms with Gasteiger partial charge in [0.25, 0.3) is 0 Å². The van der Waals surface area contributed by atoms with Crippen LogP contribution in [0.15, 0.2) is 91.1 Å². The Kier molecular flexibility index (Phi) is 4.15. The van der Waals surface area contributed by atoms with E-state index in [1.165, 1.54) is 12.1 Å². The van der Waals surface area contributed by atoms with Gasteiger partial charge in [-0.25, -0.2) is 9.07 Å². The highest BCUT2D eigenvalue weighted by Gasteiger charge is 2.20. The van der Waals surface area contributed by atoms with Gasteiger partial charge in [-0.2, -0.15) is 5.10 Å². The van der Waals surface area contributed by atoms with Crippen molar-refractivity contribution in [2.24, 2.45) is 0 Å². The van der Waals surface area contributed by atoms with Crippen molar-refractivity contribution in [3.05, 3.63) is 108 Å². The topological polar surface area (TPSA) is 34.9 Å². The molecule has 0 N–H and O–H groups in total. The van der Waals surface area contributed by atoms with Crippen LogP contribution in [0.5, 0.6) is 0 Å². The number of hydrogen-bond donors (Lipinski definition) is 0. The predicted octanol–water partition coefficient (Wildman–Crippen LogP) is 4.91. The number of hydrogen-bond acceptors (Lipinski definition) is 2. The molecular formula is C22H15FN2O. The van der Waals surface area contributed by atoms with E-state index in [-0.39, 0.29) is 11.6 Å². The molecule has 0 aliphatic carbocycles. The molecule has 0 amide bonds. The number of para-hydroxylation sites is 1. The molecule has 0 bridgehead atoms. The first-order valence-electron chi connectivity index (χ1n) is 8.23. The van der Waals surface area contributed by atoms with Crippen LogP contribution in [0.2, 0.25) is 0 Å². The number of carbonyl (C=O) groups excluding carboxylic acids is 1. The minimum absolute atomic E-state index is 0.146. The Hall–Kier alpha value is -3.53. The van der Waals surface area contributed by atoms with E-state index in [0.29, 0.717) is 22.4 Å². The van der Waals surface area contributed by atoms with Gasteiger partial charge in [0.1, 0.15) is 11.5 Å². The molecule has 126 valence electrons. The first-order valence-corrected chi connectivity index (χ1v) is 8.23. The van der Waals surface area contributed by atoms with Gasteiger partial charge in [-0.15, -0.1) is 0 Å². The van der Waals surface area contributed by atoms with E-state index in [1.54, 1.807) is 35.1 Å². The summed E-state index contributed by atoms with van der Waals surface area (Å²) in [7, 11) is 0. The van der Waals surface area contributed by atoms with Gasteiger partial charge in [0.2, 0.25) is 0 Å². The maximum Gasteiger partial charge on any atom is 0.196 e. The Morgan fingerprint density at radius 1 is 0.846 bits per heavy atom. The van der Waals surface area contributed by atoms with E-state index in [2.05, 4.69) is 5.10 Å². The zero-order chi connectivity index (χ0) is 17.9. The normalized spacial score (nSPS) is 10.7. The Balaban J connectivity index is 1.88. The molecule has 1 heterocycles. The lowest BCUT2D eigenvalue weighted by molar-refractivity contribution is 0.103. The summed E-state index contributed by atoms with van der Waals surface area (Å²) >= 11 is 0. The molecule has 0 saturated carbocycles. The fourth-order valence-electron chi connectivity index (χ4n) is 2.85. The van der Waals surface area contributed by atoms with E-state index in [1.807, 2.05) is 48.5 Å². The lowest BCUT2D eigenvalue weighted by atomic mass is 10.0. The first kappa shape index (κ1) is 16.0. The molecule has 0 spiro atoms. The van der Waals surface area contributed by atoms with Crippen molar-refractivity contribution in [3.8, 4) is 16.9 Å². The van der Waals surface area contributed by atoms with Crippen LogP contribution in [-0.2, 0) is 0 Å². The van der Waals surface area contributed by atoms with Gasteiger partial charge in [-0.05, 0) is 24.3 Å². The highest BCUT2D eigenvalue weighted by atomic mass is 19.1. The number of nitrogens with zero attached hydrogens (tertiary/aromatic N) is 2. The van der Waals surface area contributed by atoms with Gasteiger partial charge in [-0.1, -0.05) is 60.7 Å². The monoisotopic (exact) mass is 342 g/mol. The molecular weight excluding hydrogens is 327 g/mol. The quantitative estimate of drug-likeness (QED) is 0.494. The SMILES string of the molecule is O=C(c1ccccc1)c1cn(-c2ccccc2)nc1-c1cccc(F)c1. The van der Waals surface area contributed by atoms with Gasteiger partial charge in [-0.3, -0.25) is 4.79 Å². The smallest absolute Gasteiger partial charge is 0.196 e. The average Bonchev–Trinajstić information content (AvgIpc) is 3.14. The minimum atomic E-state index is -0.366. The summed E-state index contributed by atoms with van der Waals surface area (Å²) in [6.07, 6.45) is 1.70. The fourth-order valence-corrected chi connectivity index (χ4v) is 2.85. The Morgan fingerprint density at radius 2 is 1.54 bits per heavy atom. The third kappa shape index (κ3) is 3.05. The van der Waals surface area contributed by atoms with Gasteiger partial charge in [0.05, 0.1) is 11.3 Å². The van der Waals surface area contributed by atoms with E-state index in [4.69, 9.17) is 0 Å². The number of carbonyl (C=O) groups is 1. The highest BCUT2D eigenvalue weighted by Crippen LogP contribution is 2.26. The van der Waals surface area contributed by atoms with Crippen molar-refractivity contribution in [1.29, 1.82) is 0 Å². The maximum absolute atomic E-state index is 13.7. The first-order chi connectivity index (χ1) is 12.7. The van der Waals surface area contributed by atoms with E-state index >= 15 is 0 Å². The van der Waals surface area contributed by atoms with Crippen LogP contribution in [0, 0.1) is 5.82 Å². The summed E-state index contributed by atoms with van der Waals surface area (Å²) in [5.41, 5.74) is 2.86. The number of benzene rings is 3. The van der Waals surface area contributed by atoms with Crippen LogP contribution >= 0.6 is 0 Å².